The van der Waals surface area contributed by atoms with Gasteiger partial charge in [0, 0.05) is 37.3 Å². The molecular weight excluding hydrogens is 184 g/mol. The highest BCUT2D eigenvalue weighted by atomic mass is 15.3. The van der Waals surface area contributed by atoms with Crippen molar-refractivity contribution in [2.75, 3.05) is 19.6 Å². The fraction of sp³-hybridized carbons (Fsp3) is 1.00. The van der Waals surface area contributed by atoms with Gasteiger partial charge in [-0.3, -0.25) is 9.80 Å². The van der Waals surface area contributed by atoms with Gasteiger partial charge in [-0.2, -0.15) is 0 Å². The summed E-state index contributed by atoms with van der Waals surface area (Å²) < 4.78 is 0. The maximum absolute atomic E-state index is 2.67. The Hall–Kier alpha value is -0.0800. The molecule has 1 saturated heterocycles. The molecule has 0 aromatic carbocycles. The number of hydrogen-bond acceptors (Lipinski definition) is 2. The molecule has 1 fully saturated rings. The molecule has 0 radical (unpaired) electrons. The molecule has 0 aliphatic carbocycles. The smallest absolute Gasteiger partial charge is 0.0226 e. The first kappa shape index (κ1) is 13.0. The predicted molar refractivity (Wildman–Crippen MR) is 67.2 cm³/mol. The van der Waals surface area contributed by atoms with E-state index in [9.17, 15) is 0 Å². The number of rotatable bonds is 2. The number of hydrogen-bond donors (Lipinski definition) is 0. The average Bonchev–Trinajstić information content (AvgIpc) is 2.15. The molecule has 15 heavy (non-hydrogen) atoms. The molecular formula is C13H28N2. The Morgan fingerprint density at radius 1 is 1.20 bits per heavy atom. The van der Waals surface area contributed by atoms with E-state index in [-0.39, 0.29) is 0 Å². The van der Waals surface area contributed by atoms with Gasteiger partial charge in [-0.1, -0.05) is 6.92 Å². The van der Waals surface area contributed by atoms with Gasteiger partial charge in [0.1, 0.15) is 0 Å². The van der Waals surface area contributed by atoms with Gasteiger partial charge in [-0.15, -0.1) is 0 Å². The van der Waals surface area contributed by atoms with Crippen molar-refractivity contribution >= 4 is 0 Å². The molecule has 0 aromatic rings. The van der Waals surface area contributed by atoms with Crippen molar-refractivity contribution in [2.24, 2.45) is 0 Å². The largest absolute Gasteiger partial charge is 0.298 e. The molecule has 1 rings (SSSR count). The van der Waals surface area contributed by atoms with Crippen LogP contribution in [0.15, 0.2) is 0 Å². The summed E-state index contributed by atoms with van der Waals surface area (Å²) in [6, 6.07) is 1.43. The Bertz CT molecular complexity index is 193. The number of piperazine rings is 1. The molecule has 0 N–H and O–H groups in total. The van der Waals surface area contributed by atoms with Gasteiger partial charge >= 0.3 is 0 Å². The Morgan fingerprint density at radius 2 is 1.80 bits per heavy atom. The molecule has 0 amide bonds. The summed E-state index contributed by atoms with van der Waals surface area (Å²) in [5, 5.41) is 0. The molecule has 0 bridgehead atoms. The molecule has 1 atom stereocenters. The monoisotopic (exact) mass is 212 g/mol. The molecule has 90 valence electrons. The third-order valence-electron chi connectivity index (χ3n) is 3.58. The molecule has 1 heterocycles. The van der Waals surface area contributed by atoms with Crippen LogP contribution in [-0.2, 0) is 0 Å². The molecule has 0 aromatic heterocycles. The first-order valence-corrected chi connectivity index (χ1v) is 6.37. The summed E-state index contributed by atoms with van der Waals surface area (Å²) in [5.41, 5.74) is 0.323. The zero-order chi connectivity index (χ0) is 11.6. The van der Waals surface area contributed by atoms with Crippen molar-refractivity contribution in [2.45, 2.75) is 65.6 Å². The minimum atomic E-state index is 0.323. The van der Waals surface area contributed by atoms with Crippen LogP contribution < -0.4 is 0 Å². The highest BCUT2D eigenvalue weighted by Gasteiger charge is 2.33. The Kier molecular flexibility index (Phi) is 4.19. The summed E-state index contributed by atoms with van der Waals surface area (Å²) in [6.07, 6.45) is 1.26. The maximum atomic E-state index is 2.67. The zero-order valence-corrected chi connectivity index (χ0v) is 11.4. The zero-order valence-electron chi connectivity index (χ0n) is 11.4. The van der Waals surface area contributed by atoms with Crippen LogP contribution in [0.25, 0.3) is 0 Å². The third-order valence-corrected chi connectivity index (χ3v) is 3.58. The molecule has 1 aliphatic heterocycles. The molecule has 1 aliphatic rings. The quantitative estimate of drug-likeness (QED) is 0.694. The molecule has 0 spiro atoms. The van der Waals surface area contributed by atoms with Crippen molar-refractivity contribution in [1.82, 2.24) is 9.80 Å². The van der Waals surface area contributed by atoms with Crippen LogP contribution in [0.3, 0.4) is 0 Å². The minimum absolute atomic E-state index is 0.323. The van der Waals surface area contributed by atoms with Gasteiger partial charge in [0.15, 0.2) is 0 Å². The summed E-state index contributed by atoms with van der Waals surface area (Å²) in [7, 11) is 0. The van der Waals surface area contributed by atoms with Crippen LogP contribution in [0.4, 0.5) is 0 Å². The topological polar surface area (TPSA) is 6.48 Å². The second-order valence-corrected chi connectivity index (χ2v) is 6.01. The SMILES string of the molecule is CCC1CN(C(C)C)CCN1C(C)(C)C. The first-order valence-electron chi connectivity index (χ1n) is 6.37. The van der Waals surface area contributed by atoms with Crippen molar-refractivity contribution in [3.05, 3.63) is 0 Å². The lowest BCUT2D eigenvalue weighted by atomic mass is 9.98. The highest BCUT2D eigenvalue weighted by Crippen LogP contribution is 2.23. The van der Waals surface area contributed by atoms with E-state index in [0.29, 0.717) is 11.6 Å². The Balaban J connectivity index is 2.65. The summed E-state index contributed by atoms with van der Waals surface area (Å²) in [5.74, 6) is 0. The van der Waals surface area contributed by atoms with Crippen LogP contribution in [0.1, 0.15) is 48.0 Å². The van der Waals surface area contributed by atoms with E-state index in [1.807, 2.05) is 0 Å². The van der Waals surface area contributed by atoms with E-state index in [0.717, 1.165) is 6.04 Å². The lowest BCUT2D eigenvalue weighted by Gasteiger charge is -2.49. The lowest BCUT2D eigenvalue weighted by molar-refractivity contribution is -0.00195. The average molecular weight is 212 g/mol. The van der Waals surface area contributed by atoms with Crippen LogP contribution in [-0.4, -0.2) is 47.1 Å². The number of nitrogens with zero attached hydrogens (tertiary/aromatic N) is 2. The van der Waals surface area contributed by atoms with Gasteiger partial charge < -0.3 is 0 Å². The summed E-state index contributed by atoms with van der Waals surface area (Å²) >= 11 is 0. The molecule has 2 nitrogen and oxygen atoms in total. The van der Waals surface area contributed by atoms with Crippen LogP contribution in [0.5, 0.6) is 0 Å². The summed E-state index contributed by atoms with van der Waals surface area (Å²) in [4.78, 5) is 5.28. The van der Waals surface area contributed by atoms with E-state index >= 15 is 0 Å². The third kappa shape index (κ3) is 3.18. The molecule has 0 saturated carbocycles. The minimum Gasteiger partial charge on any atom is -0.298 e. The van der Waals surface area contributed by atoms with Gasteiger partial charge in [-0.05, 0) is 41.0 Å². The Labute approximate surface area is 95.6 Å². The Morgan fingerprint density at radius 3 is 2.20 bits per heavy atom. The first-order chi connectivity index (χ1) is 6.86. The van der Waals surface area contributed by atoms with Gasteiger partial charge in [-0.25, -0.2) is 0 Å². The van der Waals surface area contributed by atoms with Crippen molar-refractivity contribution in [3.63, 3.8) is 0 Å². The fourth-order valence-corrected chi connectivity index (χ4v) is 2.58. The highest BCUT2D eigenvalue weighted by molar-refractivity contribution is 4.89. The van der Waals surface area contributed by atoms with Crippen molar-refractivity contribution in [1.29, 1.82) is 0 Å². The van der Waals surface area contributed by atoms with E-state index < -0.39 is 0 Å². The predicted octanol–water partition coefficient (Wildman–Crippen LogP) is 2.59. The normalized spacial score (nSPS) is 26.2. The summed E-state index contributed by atoms with van der Waals surface area (Å²) in [6.45, 7) is 17.6. The van der Waals surface area contributed by atoms with Crippen LogP contribution in [0.2, 0.25) is 0 Å². The fourth-order valence-electron chi connectivity index (χ4n) is 2.58. The van der Waals surface area contributed by atoms with Crippen LogP contribution >= 0.6 is 0 Å². The van der Waals surface area contributed by atoms with Gasteiger partial charge in [0.2, 0.25) is 0 Å². The van der Waals surface area contributed by atoms with E-state index in [4.69, 9.17) is 0 Å². The molecule has 2 heteroatoms. The second-order valence-electron chi connectivity index (χ2n) is 6.01. The lowest BCUT2D eigenvalue weighted by Crippen LogP contribution is -2.60. The van der Waals surface area contributed by atoms with Crippen LogP contribution in [0, 0.1) is 0 Å². The standard InChI is InChI=1S/C13H28N2/c1-7-12-10-14(11(2)3)8-9-15(12)13(4,5)6/h11-12H,7-10H2,1-6H3. The van der Waals surface area contributed by atoms with Gasteiger partial charge in [0.25, 0.3) is 0 Å². The van der Waals surface area contributed by atoms with Crippen molar-refractivity contribution in [3.8, 4) is 0 Å². The van der Waals surface area contributed by atoms with Gasteiger partial charge in [0.05, 0.1) is 0 Å². The van der Waals surface area contributed by atoms with Crippen molar-refractivity contribution < 1.29 is 0 Å². The maximum Gasteiger partial charge on any atom is 0.0226 e. The van der Waals surface area contributed by atoms with E-state index in [1.54, 1.807) is 0 Å². The second kappa shape index (κ2) is 4.84. The van der Waals surface area contributed by atoms with E-state index in [2.05, 4.69) is 51.3 Å². The molecule has 1 unspecified atom stereocenters. The van der Waals surface area contributed by atoms with E-state index in [1.165, 1.54) is 26.1 Å².